The van der Waals surface area contributed by atoms with Crippen molar-refractivity contribution < 1.29 is 13.5 Å². The standard InChI is InChI=1S/C11H20N2O3S/c1-3-13-9-12-8-10(13)11(14)6-5-7-17(15,16)4-2/h8-9,11,14H,3-7H2,1-2H3. The lowest BCUT2D eigenvalue weighted by molar-refractivity contribution is 0.157. The SMILES string of the molecule is CCn1cncc1C(O)CCCS(=O)(=O)CC. The Bertz CT molecular complexity index is 439. The fraction of sp³-hybridized carbons (Fsp3) is 0.727. The van der Waals surface area contributed by atoms with Gasteiger partial charge in [-0.3, -0.25) is 0 Å². The molecular weight excluding hydrogens is 240 g/mol. The fourth-order valence-corrected chi connectivity index (χ4v) is 2.56. The Kier molecular flexibility index (Phi) is 5.14. The van der Waals surface area contributed by atoms with Gasteiger partial charge < -0.3 is 9.67 Å². The molecule has 1 rings (SSSR count). The summed E-state index contributed by atoms with van der Waals surface area (Å²) in [6.45, 7) is 4.36. The van der Waals surface area contributed by atoms with Gasteiger partial charge in [-0.05, 0) is 19.8 Å². The number of sulfone groups is 1. The maximum Gasteiger partial charge on any atom is 0.150 e. The van der Waals surface area contributed by atoms with Gasteiger partial charge in [-0.1, -0.05) is 6.92 Å². The molecule has 6 heteroatoms. The molecule has 98 valence electrons. The van der Waals surface area contributed by atoms with Gasteiger partial charge in [0.15, 0.2) is 0 Å². The van der Waals surface area contributed by atoms with Gasteiger partial charge in [-0.15, -0.1) is 0 Å². The molecule has 0 aliphatic carbocycles. The van der Waals surface area contributed by atoms with Gasteiger partial charge in [0.05, 0.1) is 30.1 Å². The third kappa shape index (κ3) is 4.12. The molecule has 0 saturated heterocycles. The number of hydrogen-bond acceptors (Lipinski definition) is 4. The monoisotopic (exact) mass is 260 g/mol. The van der Waals surface area contributed by atoms with Crippen LogP contribution in [0.3, 0.4) is 0 Å². The van der Waals surface area contributed by atoms with Crippen molar-refractivity contribution in [2.45, 2.75) is 39.3 Å². The first-order chi connectivity index (χ1) is 8.00. The second-order valence-corrected chi connectivity index (χ2v) is 6.47. The van der Waals surface area contributed by atoms with Crippen LogP contribution in [-0.2, 0) is 16.4 Å². The van der Waals surface area contributed by atoms with E-state index in [0.29, 0.717) is 12.8 Å². The van der Waals surface area contributed by atoms with E-state index in [4.69, 9.17) is 0 Å². The minimum Gasteiger partial charge on any atom is -0.387 e. The maximum absolute atomic E-state index is 11.3. The summed E-state index contributed by atoms with van der Waals surface area (Å²) in [7, 11) is -2.93. The minimum atomic E-state index is -2.93. The summed E-state index contributed by atoms with van der Waals surface area (Å²) in [5.74, 6) is 0.302. The number of rotatable bonds is 7. The van der Waals surface area contributed by atoms with Crippen LogP contribution >= 0.6 is 0 Å². The first-order valence-electron chi connectivity index (χ1n) is 5.88. The molecule has 0 bridgehead atoms. The number of imidazole rings is 1. The number of hydrogen-bond donors (Lipinski definition) is 1. The summed E-state index contributed by atoms with van der Waals surface area (Å²) in [6, 6.07) is 0. The number of nitrogens with zero attached hydrogens (tertiary/aromatic N) is 2. The lowest BCUT2D eigenvalue weighted by Gasteiger charge is -2.12. The van der Waals surface area contributed by atoms with E-state index in [2.05, 4.69) is 4.98 Å². The Hall–Kier alpha value is -0.880. The largest absolute Gasteiger partial charge is 0.387 e. The number of aliphatic hydroxyl groups is 1. The molecule has 0 aromatic carbocycles. The van der Waals surface area contributed by atoms with Gasteiger partial charge in [-0.25, -0.2) is 13.4 Å². The molecule has 17 heavy (non-hydrogen) atoms. The molecule has 5 nitrogen and oxygen atoms in total. The lowest BCUT2D eigenvalue weighted by atomic mass is 10.1. The fourth-order valence-electron chi connectivity index (χ4n) is 1.66. The van der Waals surface area contributed by atoms with Crippen LogP contribution in [0.25, 0.3) is 0 Å². The highest BCUT2D eigenvalue weighted by atomic mass is 32.2. The van der Waals surface area contributed by atoms with Gasteiger partial charge in [-0.2, -0.15) is 0 Å². The van der Waals surface area contributed by atoms with E-state index in [1.165, 1.54) is 0 Å². The first kappa shape index (κ1) is 14.2. The van der Waals surface area contributed by atoms with E-state index in [1.807, 2.05) is 11.5 Å². The van der Waals surface area contributed by atoms with Crippen molar-refractivity contribution in [3.05, 3.63) is 18.2 Å². The van der Waals surface area contributed by atoms with Crippen LogP contribution in [0.2, 0.25) is 0 Å². The van der Waals surface area contributed by atoms with E-state index in [9.17, 15) is 13.5 Å². The van der Waals surface area contributed by atoms with Crippen LogP contribution in [-0.4, -0.2) is 34.6 Å². The zero-order valence-corrected chi connectivity index (χ0v) is 11.2. The molecule has 1 aromatic rings. The Balaban J connectivity index is 2.48. The molecule has 0 spiro atoms. The predicted octanol–water partition coefficient (Wildman–Crippen LogP) is 1.15. The molecule has 1 unspecified atom stereocenters. The quantitative estimate of drug-likeness (QED) is 0.798. The second-order valence-electron chi connectivity index (χ2n) is 4.00. The van der Waals surface area contributed by atoms with Gasteiger partial charge in [0.2, 0.25) is 0 Å². The highest BCUT2D eigenvalue weighted by Crippen LogP contribution is 2.18. The van der Waals surface area contributed by atoms with E-state index in [1.54, 1.807) is 19.4 Å². The van der Waals surface area contributed by atoms with E-state index in [0.717, 1.165) is 12.2 Å². The van der Waals surface area contributed by atoms with Crippen LogP contribution in [0, 0.1) is 0 Å². The van der Waals surface area contributed by atoms with Crippen LogP contribution in [0.4, 0.5) is 0 Å². The van der Waals surface area contributed by atoms with Crippen molar-refractivity contribution in [3.63, 3.8) is 0 Å². The van der Waals surface area contributed by atoms with Gasteiger partial charge in [0.1, 0.15) is 9.84 Å². The van der Waals surface area contributed by atoms with Crippen molar-refractivity contribution in [2.24, 2.45) is 0 Å². The minimum absolute atomic E-state index is 0.140. The molecule has 0 aliphatic rings. The molecular formula is C11H20N2O3S. The molecule has 0 saturated carbocycles. The van der Waals surface area contributed by atoms with E-state index < -0.39 is 15.9 Å². The molecule has 1 atom stereocenters. The summed E-state index contributed by atoms with van der Waals surface area (Å²) in [6.07, 6.45) is 3.59. The average Bonchev–Trinajstić information content (AvgIpc) is 2.76. The Labute approximate surface area is 102 Å². The lowest BCUT2D eigenvalue weighted by Crippen LogP contribution is -2.11. The zero-order chi connectivity index (χ0) is 12.9. The normalized spacial score (nSPS) is 13.8. The summed E-state index contributed by atoms with van der Waals surface area (Å²) in [4.78, 5) is 3.97. The number of aryl methyl sites for hydroxylation is 1. The summed E-state index contributed by atoms with van der Waals surface area (Å²) < 4.78 is 24.4. The predicted molar refractivity (Wildman–Crippen MR) is 66.4 cm³/mol. The molecule has 1 heterocycles. The average molecular weight is 260 g/mol. The van der Waals surface area contributed by atoms with E-state index >= 15 is 0 Å². The van der Waals surface area contributed by atoms with E-state index in [-0.39, 0.29) is 11.5 Å². The third-order valence-corrected chi connectivity index (χ3v) is 4.59. The van der Waals surface area contributed by atoms with Crippen LogP contribution < -0.4 is 0 Å². The van der Waals surface area contributed by atoms with Crippen LogP contribution in [0.15, 0.2) is 12.5 Å². The summed E-state index contributed by atoms with van der Waals surface area (Å²) >= 11 is 0. The summed E-state index contributed by atoms with van der Waals surface area (Å²) in [5, 5.41) is 9.94. The van der Waals surface area contributed by atoms with Gasteiger partial charge in [0, 0.05) is 12.3 Å². The highest BCUT2D eigenvalue weighted by Gasteiger charge is 2.14. The molecule has 0 fully saturated rings. The van der Waals surface area contributed by atoms with Crippen molar-refractivity contribution in [1.82, 2.24) is 9.55 Å². The molecule has 1 N–H and O–H groups in total. The van der Waals surface area contributed by atoms with Gasteiger partial charge in [0.25, 0.3) is 0 Å². The third-order valence-electron chi connectivity index (χ3n) is 2.80. The number of aliphatic hydroxyl groups excluding tert-OH is 1. The maximum atomic E-state index is 11.3. The van der Waals surface area contributed by atoms with Gasteiger partial charge >= 0.3 is 0 Å². The molecule has 0 amide bonds. The van der Waals surface area contributed by atoms with Crippen molar-refractivity contribution >= 4 is 9.84 Å². The van der Waals surface area contributed by atoms with Crippen molar-refractivity contribution in [3.8, 4) is 0 Å². The Morgan fingerprint density at radius 3 is 2.76 bits per heavy atom. The molecule has 0 radical (unpaired) electrons. The van der Waals surface area contributed by atoms with Crippen molar-refractivity contribution in [2.75, 3.05) is 11.5 Å². The van der Waals surface area contributed by atoms with Crippen molar-refractivity contribution in [1.29, 1.82) is 0 Å². The highest BCUT2D eigenvalue weighted by molar-refractivity contribution is 7.91. The molecule has 1 aromatic heterocycles. The second kappa shape index (κ2) is 6.16. The molecule has 0 aliphatic heterocycles. The Morgan fingerprint density at radius 2 is 2.18 bits per heavy atom. The Morgan fingerprint density at radius 1 is 1.47 bits per heavy atom. The van der Waals surface area contributed by atoms with Crippen LogP contribution in [0.1, 0.15) is 38.5 Å². The summed E-state index contributed by atoms with van der Waals surface area (Å²) in [5.41, 5.74) is 0.751. The number of aromatic nitrogens is 2. The van der Waals surface area contributed by atoms with Crippen LogP contribution in [0.5, 0.6) is 0 Å². The topological polar surface area (TPSA) is 72.2 Å². The first-order valence-corrected chi connectivity index (χ1v) is 7.70. The smallest absolute Gasteiger partial charge is 0.150 e. The zero-order valence-electron chi connectivity index (χ0n) is 10.3.